The van der Waals surface area contributed by atoms with Gasteiger partial charge >= 0.3 is 6.18 Å². The van der Waals surface area contributed by atoms with Crippen LogP contribution in [0.5, 0.6) is 5.75 Å². The Kier molecular flexibility index (Phi) is 4.68. The monoisotopic (exact) mass is 376 g/mol. The van der Waals surface area contributed by atoms with Crippen molar-refractivity contribution in [1.82, 2.24) is 5.01 Å². The van der Waals surface area contributed by atoms with Crippen LogP contribution in [-0.4, -0.2) is 40.2 Å². The average Bonchev–Trinajstić information content (AvgIpc) is 2.89. The fourth-order valence-corrected chi connectivity index (χ4v) is 3.33. The molecular weight excluding hydrogens is 361 g/mol. The summed E-state index contributed by atoms with van der Waals surface area (Å²) in [6.07, 6.45) is -3.31. The molecule has 0 saturated heterocycles. The van der Waals surface area contributed by atoms with Crippen molar-refractivity contribution in [3.8, 4) is 5.75 Å². The maximum absolute atomic E-state index is 13.6. The zero-order chi connectivity index (χ0) is 18.2. The van der Waals surface area contributed by atoms with E-state index in [0.717, 1.165) is 0 Å². The van der Waals surface area contributed by atoms with Crippen LogP contribution in [0.4, 0.5) is 13.2 Å². The number of ether oxygens (including phenoxy) is 1. The van der Waals surface area contributed by atoms with Gasteiger partial charge in [-0.05, 0) is 43.5 Å². The molecule has 0 bridgehead atoms. The molecule has 1 aromatic rings. The topological polar surface area (TPSA) is 62.1 Å². The number of hydrogen-bond acceptors (Lipinski definition) is 4. The number of rotatable bonds is 3. The summed E-state index contributed by atoms with van der Waals surface area (Å²) in [4.78, 5) is 12.3. The smallest absolute Gasteiger partial charge is 0.439 e. The summed E-state index contributed by atoms with van der Waals surface area (Å²) in [5.74, 6) is -2.00. The van der Waals surface area contributed by atoms with E-state index in [1.54, 1.807) is 0 Å². The van der Waals surface area contributed by atoms with Crippen molar-refractivity contribution < 1.29 is 27.8 Å². The van der Waals surface area contributed by atoms with Gasteiger partial charge in [0.05, 0.1) is 5.92 Å². The number of amides is 1. The molecule has 1 fully saturated rings. The van der Waals surface area contributed by atoms with Gasteiger partial charge in [-0.3, -0.25) is 4.79 Å². The lowest BCUT2D eigenvalue weighted by Gasteiger charge is -2.38. The number of nitrogens with zero attached hydrogens (tertiary/aromatic N) is 2. The van der Waals surface area contributed by atoms with Crippen LogP contribution < -0.4 is 4.74 Å². The molecule has 0 unspecified atom stereocenters. The third-order valence-electron chi connectivity index (χ3n) is 4.44. The molecule has 1 heterocycles. The van der Waals surface area contributed by atoms with Gasteiger partial charge in [-0.1, -0.05) is 18.0 Å². The Bertz CT molecular complexity index is 693. The molecule has 3 rings (SSSR count). The van der Waals surface area contributed by atoms with Crippen LogP contribution in [0.1, 0.15) is 25.7 Å². The Morgan fingerprint density at radius 2 is 2.04 bits per heavy atom. The molecule has 1 aromatic carbocycles. The maximum atomic E-state index is 13.6. The Labute approximate surface area is 147 Å². The normalized spacial score (nSPS) is 26.2. The van der Waals surface area contributed by atoms with Crippen LogP contribution in [0.2, 0.25) is 5.02 Å². The minimum absolute atomic E-state index is 0.136. The van der Waals surface area contributed by atoms with Gasteiger partial charge in [0.15, 0.2) is 6.61 Å². The quantitative estimate of drug-likeness (QED) is 0.880. The van der Waals surface area contributed by atoms with E-state index in [0.29, 0.717) is 24.3 Å². The standard InChI is InChI=1S/C16H16ClF3N2O3/c17-10-5-7-11(8-6-10)25-9-14(23)22-15(24,16(18,19)20)12-3-1-2-4-13(12)21-22/h5-8,12,24H,1-4,9H2/t12-,15-/m0/s1. The second-order valence-corrected chi connectivity index (χ2v) is 6.50. The summed E-state index contributed by atoms with van der Waals surface area (Å²) in [6.45, 7) is -0.677. The second-order valence-electron chi connectivity index (χ2n) is 6.06. The number of benzene rings is 1. The maximum Gasteiger partial charge on any atom is 0.439 e. The van der Waals surface area contributed by atoms with Gasteiger partial charge in [0.2, 0.25) is 0 Å². The fraction of sp³-hybridized carbons (Fsp3) is 0.500. The van der Waals surface area contributed by atoms with Gasteiger partial charge in [0.1, 0.15) is 5.75 Å². The molecule has 2 atom stereocenters. The predicted octanol–water partition coefficient (Wildman–Crippen LogP) is 3.36. The van der Waals surface area contributed by atoms with Crippen molar-refractivity contribution in [2.24, 2.45) is 11.0 Å². The Hall–Kier alpha value is -1.80. The highest BCUT2D eigenvalue weighted by atomic mass is 35.5. The molecule has 1 amide bonds. The fourth-order valence-electron chi connectivity index (χ4n) is 3.20. The first-order valence-corrected chi connectivity index (χ1v) is 8.19. The molecular formula is C16H16ClF3N2O3. The van der Waals surface area contributed by atoms with Crippen molar-refractivity contribution in [2.75, 3.05) is 6.61 Å². The third kappa shape index (κ3) is 3.20. The minimum atomic E-state index is -5.02. The van der Waals surface area contributed by atoms with E-state index < -0.39 is 30.3 Å². The molecule has 0 spiro atoms. The van der Waals surface area contributed by atoms with Crippen molar-refractivity contribution >= 4 is 23.2 Å². The molecule has 2 aliphatic rings. The van der Waals surface area contributed by atoms with Gasteiger partial charge in [0.25, 0.3) is 11.6 Å². The van der Waals surface area contributed by atoms with E-state index in [1.807, 2.05) is 0 Å². The molecule has 1 aliphatic heterocycles. The van der Waals surface area contributed by atoms with Crippen LogP contribution in [0.15, 0.2) is 29.4 Å². The van der Waals surface area contributed by atoms with Crippen LogP contribution in [0, 0.1) is 5.92 Å². The summed E-state index contributed by atoms with van der Waals surface area (Å²) in [5.41, 5.74) is -3.10. The molecule has 25 heavy (non-hydrogen) atoms. The zero-order valence-electron chi connectivity index (χ0n) is 13.1. The van der Waals surface area contributed by atoms with Crippen LogP contribution in [0.25, 0.3) is 0 Å². The lowest BCUT2D eigenvalue weighted by Crippen LogP contribution is -2.62. The van der Waals surface area contributed by atoms with Crippen LogP contribution in [-0.2, 0) is 4.79 Å². The SMILES string of the molecule is O=C(COc1ccc(Cl)cc1)N1N=C2CCCC[C@@H]2[C@]1(O)C(F)(F)F. The molecule has 1 aliphatic carbocycles. The minimum Gasteiger partial charge on any atom is -0.484 e. The van der Waals surface area contributed by atoms with Crippen molar-refractivity contribution in [1.29, 1.82) is 0 Å². The van der Waals surface area contributed by atoms with Gasteiger partial charge < -0.3 is 9.84 Å². The third-order valence-corrected chi connectivity index (χ3v) is 4.70. The van der Waals surface area contributed by atoms with Gasteiger partial charge in [-0.2, -0.15) is 23.3 Å². The zero-order valence-corrected chi connectivity index (χ0v) is 13.8. The van der Waals surface area contributed by atoms with Crippen molar-refractivity contribution in [3.63, 3.8) is 0 Å². The first-order chi connectivity index (χ1) is 11.7. The number of hydrogen-bond donors (Lipinski definition) is 1. The van der Waals surface area contributed by atoms with E-state index in [2.05, 4.69) is 5.10 Å². The summed E-state index contributed by atoms with van der Waals surface area (Å²) in [5, 5.41) is 14.8. The molecule has 5 nitrogen and oxygen atoms in total. The van der Waals surface area contributed by atoms with E-state index in [-0.39, 0.29) is 22.9 Å². The van der Waals surface area contributed by atoms with Gasteiger partial charge in [-0.25, -0.2) is 0 Å². The number of hydrazone groups is 1. The predicted molar refractivity (Wildman–Crippen MR) is 84.2 cm³/mol. The summed E-state index contributed by atoms with van der Waals surface area (Å²) in [6, 6.07) is 6.03. The summed E-state index contributed by atoms with van der Waals surface area (Å²) in [7, 11) is 0. The molecule has 0 radical (unpaired) electrons. The number of carbonyl (C=O) groups excluding carboxylic acids is 1. The Morgan fingerprint density at radius 3 is 2.68 bits per heavy atom. The number of fused-ring (bicyclic) bond motifs is 1. The first kappa shape index (κ1) is 18.0. The van der Waals surface area contributed by atoms with Gasteiger partial charge in [-0.15, -0.1) is 0 Å². The molecule has 0 aromatic heterocycles. The lowest BCUT2D eigenvalue weighted by molar-refractivity contribution is -0.317. The van der Waals surface area contributed by atoms with E-state index in [1.165, 1.54) is 24.3 Å². The Morgan fingerprint density at radius 1 is 1.36 bits per heavy atom. The number of aliphatic hydroxyl groups is 1. The highest BCUT2D eigenvalue weighted by Crippen LogP contribution is 2.48. The largest absolute Gasteiger partial charge is 0.484 e. The van der Waals surface area contributed by atoms with E-state index in [4.69, 9.17) is 16.3 Å². The number of halogens is 4. The van der Waals surface area contributed by atoms with Crippen molar-refractivity contribution in [3.05, 3.63) is 29.3 Å². The number of alkyl halides is 3. The highest BCUT2D eigenvalue weighted by molar-refractivity contribution is 6.30. The summed E-state index contributed by atoms with van der Waals surface area (Å²) < 4.78 is 45.9. The molecule has 9 heteroatoms. The van der Waals surface area contributed by atoms with E-state index >= 15 is 0 Å². The molecule has 136 valence electrons. The molecule has 1 saturated carbocycles. The van der Waals surface area contributed by atoms with Crippen molar-refractivity contribution in [2.45, 2.75) is 37.6 Å². The van der Waals surface area contributed by atoms with Gasteiger partial charge in [0, 0.05) is 10.7 Å². The Balaban J connectivity index is 1.79. The van der Waals surface area contributed by atoms with Crippen LogP contribution >= 0.6 is 11.6 Å². The molecule has 1 N–H and O–H groups in total. The lowest BCUT2D eigenvalue weighted by atomic mass is 9.80. The average molecular weight is 377 g/mol. The second kappa shape index (κ2) is 6.49. The highest BCUT2D eigenvalue weighted by Gasteiger charge is 2.68. The van der Waals surface area contributed by atoms with Crippen LogP contribution in [0.3, 0.4) is 0 Å². The number of carbonyl (C=O) groups is 1. The first-order valence-electron chi connectivity index (χ1n) is 7.81. The summed E-state index contributed by atoms with van der Waals surface area (Å²) >= 11 is 5.73. The van der Waals surface area contributed by atoms with E-state index in [9.17, 15) is 23.1 Å².